The molecule has 0 amide bonds. The maximum absolute atomic E-state index is 10.1. The molecule has 0 atom stereocenters. The number of nitrogens with one attached hydrogen (secondary N) is 1. The van der Waals surface area contributed by atoms with Crippen molar-refractivity contribution in [2.24, 2.45) is 0 Å². The summed E-state index contributed by atoms with van der Waals surface area (Å²) < 4.78 is 0. The van der Waals surface area contributed by atoms with E-state index in [1.165, 1.54) is 11.1 Å². The van der Waals surface area contributed by atoms with E-state index in [1.807, 2.05) is 18.2 Å². The molecule has 2 nitrogen and oxygen atoms in total. The summed E-state index contributed by atoms with van der Waals surface area (Å²) in [5.41, 5.74) is 3.53. The van der Waals surface area contributed by atoms with E-state index in [9.17, 15) is 5.11 Å². The summed E-state index contributed by atoms with van der Waals surface area (Å²) in [5, 5.41) is 15.8. The van der Waals surface area contributed by atoms with Gasteiger partial charge in [-0.15, -0.1) is 0 Å². The zero-order chi connectivity index (χ0) is 14.7. The third kappa shape index (κ3) is 2.91. The smallest absolute Gasteiger partial charge is 0.120 e. The lowest BCUT2D eigenvalue weighted by Gasteiger charge is -2.11. The molecule has 0 aliphatic rings. The molecule has 0 unspecified atom stereocenters. The van der Waals surface area contributed by atoms with Crippen molar-refractivity contribution in [1.82, 2.24) is 5.32 Å². The van der Waals surface area contributed by atoms with Crippen molar-refractivity contribution in [3.63, 3.8) is 0 Å². The third-order valence-corrected chi connectivity index (χ3v) is 3.89. The van der Waals surface area contributed by atoms with E-state index in [-0.39, 0.29) is 0 Å². The minimum atomic E-state index is 0.353. The minimum absolute atomic E-state index is 0.353. The van der Waals surface area contributed by atoms with E-state index >= 15 is 0 Å². The summed E-state index contributed by atoms with van der Waals surface area (Å²) in [6.07, 6.45) is 0. The van der Waals surface area contributed by atoms with Crippen LogP contribution in [0.5, 0.6) is 5.75 Å². The highest BCUT2D eigenvalue weighted by Crippen LogP contribution is 2.26. The van der Waals surface area contributed by atoms with E-state index in [1.54, 1.807) is 6.07 Å². The van der Waals surface area contributed by atoms with Gasteiger partial charge in [-0.25, -0.2) is 0 Å². The maximum atomic E-state index is 10.1. The molecule has 0 spiro atoms. The lowest BCUT2D eigenvalue weighted by Crippen LogP contribution is -2.13. The second-order valence-corrected chi connectivity index (χ2v) is 5.31. The Morgan fingerprint density at radius 2 is 1.62 bits per heavy atom. The fraction of sp³-hybridized carbons (Fsp3) is 0.158. The van der Waals surface area contributed by atoms with E-state index in [4.69, 9.17) is 0 Å². The number of hydrogen-bond acceptors (Lipinski definition) is 2. The molecule has 21 heavy (non-hydrogen) atoms. The van der Waals surface area contributed by atoms with E-state index < -0.39 is 0 Å². The molecule has 0 aliphatic heterocycles. The zero-order valence-electron chi connectivity index (χ0n) is 12.1. The zero-order valence-corrected chi connectivity index (χ0v) is 12.1. The van der Waals surface area contributed by atoms with E-state index in [2.05, 4.69) is 48.6 Å². The molecule has 0 aromatic heterocycles. The SMILES string of the molecule is Cc1ccccc1CNCc1c(O)ccc2ccccc12. The first-order valence-corrected chi connectivity index (χ1v) is 7.20. The number of benzene rings is 3. The first kappa shape index (κ1) is 13.7. The lowest BCUT2D eigenvalue weighted by atomic mass is 10.0. The predicted molar refractivity (Wildman–Crippen MR) is 87.3 cm³/mol. The Hall–Kier alpha value is -2.32. The molecule has 3 aromatic carbocycles. The summed E-state index contributed by atoms with van der Waals surface area (Å²) >= 11 is 0. The lowest BCUT2D eigenvalue weighted by molar-refractivity contribution is 0.466. The van der Waals surface area contributed by atoms with Crippen LogP contribution in [0.15, 0.2) is 60.7 Å². The number of phenols is 1. The Morgan fingerprint density at radius 1 is 0.857 bits per heavy atom. The fourth-order valence-corrected chi connectivity index (χ4v) is 2.64. The second-order valence-electron chi connectivity index (χ2n) is 5.31. The van der Waals surface area contributed by atoms with Gasteiger partial charge in [-0.1, -0.05) is 54.6 Å². The molecular formula is C19H19NO. The summed E-state index contributed by atoms with van der Waals surface area (Å²) in [5.74, 6) is 0.353. The van der Waals surface area contributed by atoms with Crippen LogP contribution in [0.2, 0.25) is 0 Å². The maximum Gasteiger partial charge on any atom is 0.120 e. The predicted octanol–water partition coefficient (Wildman–Crippen LogP) is 4.14. The molecule has 0 fully saturated rings. The van der Waals surface area contributed by atoms with Crippen molar-refractivity contribution in [3.8, 4) is 5.75 Å². The molecule has 3 aromatic rings. The normalized spacial score (nSPS) is 10.9. The van der Waals surface area contributed by atoms with Crippen LogP contribution in [0.3, 0.4) is 0 Å². The minimum Gasteiger partial charge on any atom is -0.508 e. The third-order valence-electron chi connectivity index (χ3n) is 3.89. The van der Waals surface area contributed by atoms with Gasteiger partial charge in [0, 0.05) is 18.7 Å². The van der Waals surface area contributed by atoms with Gasteiger partial charge in [0.15, 0.2) is 0 Å². The second kappa shape index (κ2) is 5.98. The average Bonchev–Trinajstić information content (AvgIpc) is 2.51. The van der Waals surface area contributed by atoms with Crippen molar-refractivity contribution < 1.29 is 5.11 Å². The standard InChI is InChI=1S/C19H19NO/c1-14-6-2-3-8-16(14)12-20-13-18-17-9-5-4-7-15(17)10-11-19(18)21/h2-11,20-21H,12-13H2,1H3. The average molecular weight is 277 g/mol. The molecule has 2 heteroatoms. The highest BCUT2D eigenvalue weighted by atomic mass is 16.3. The molecule has 0 heterocycles. The monoisotopic (exact) mass is 277 g/mol. The number of hydrogen-bond donors (Lipinski definition) is 2. The number of phenolic OH excluding ortho intramolecular Hbond substituents is 1. The largest absolute Gasteiger partial charge is 0.508 e. The summed E-state index contributed by atoms with van der Waals surface area (Å²) in [4.78, 5) is 0. The van der Waals surface area contributed by atoms with Gasteiger partial charge in [0.2, 0.25) is 0 Å². The molecular weight excluding hydrogens is 258 g/mol. The summed E-state index contributed by atoms with van der Waals surface area (Å²) in [6, 6.07) is 20.2. The van der Waals surface area contributed by atoms with Crippen LogP contribution in [0, 0.1) is 6.92 Å². The number of fused-ring (bicyclic) bond motifs is 1. The Kier molecular flexibility index (Phi) is 3.89. The molecule has 2 N–H and O–H groups in total. The molecule has 0 aliphatic carbocycles. The van der Waals surface area contributed by atoms with Crippen molar-refractivity contribution in [2.75, 3.05) is 0 Å². The number of rotatable bonds is 4. The fourth-order valence-electron chi connectivity index (χ4n) is 2.64. The van der Waals surface area contributed by atoms with Gasteiger partial charge in [-0.2, -0.15) is 0 Å². The first-order chi connectivity index (χ1) is 10.3. The van der Waals surface area contributed by atoms with Gasteiger partial charge in [-0.05, 0) is 34.9 Å². The van der Waals surface area contributed by atoms with Crippen LogP contribution in [-0.2, 0) is 13.1 Å². The molecule has 3 rings (SSSR count). The van der Waals surface area contributed by atoms with Crippen LogP contribution >= 0.6 is 0 Å². The van der Waals surface area contributed by atoms with Gasteiger partial charge < -0.3 is 10.4 Å². The molecule has 0 saturated heterocycles. The van der Waals surface area contributed by atoms with Crippen LogP contribution in [0.25, 0.3) is 10.8 Å². The van der Waals surface area contributed by atoms with Gasteiger partial charge >= 0.3 is 0 Å². The quantitative estimate of drug-likeness (QED) is 0.751. The number of aryl methyl sites for hydroxylation is 1. The van der Waals surface area contributed by atoms with Crippen LogP contribution in [-0.4, -0.2) is 5.11 Å². The first-order valence-electron chi connectivity index (χ1n) is 7.20. The highest BCUT2D eigenvalue weighted by molar-refractivity contribution is 5.87. The molecule has 106 valence electrons. The Balaban J connectivity index is 1.79. The van der Waals surface area contributed by atoms with Crippen LogP contribution in [0.1, 0.15) is 16.7 Å². The summed E-state index contributed by atoms with van der Waals surface area (Å²) in [7, 11) is 0. The Labute approximate surface area is 125 Å². The Bertz CT molecular complexity index is 764. The van der Waals surface area contributed by atoms with Crippen molar-refractivity contribution in [2.45, 2.75) is 20.0 Å². The molecule has 0 bridgehead atoms. The molecule has 0 saturated carbocycles. The topological polar surface area (TPSA) is 32.3 Å². The van der Waals surface area contributed by atoms with Gasteiger partial charge in [0.05, 0.1) is 0 Å². The van der Waals surface area contributed by atoms with Crippen molar-refractivity contribution >= 4 is 10.8 Å². The molecule has 0 radical (unpaired) electrons. The van der Waals surface area contributed by atoms with Crippen LogP contribution in [0.4, 0.5) is 0 Å². The highest BCUT2D eigenvalue weighted by Gasteiger charge is 2.06. The van der Waals surface area contributed by atoms with E-state index in [0.717, 1.165) is 22.9 Å². The Morgan fingerprint density at radius 3 is 2.48 bits per heavy atom. The van der Waals surface area contributed by atoms with Crippen molar-refractivity contribution in [1.29, 1.82) is 0 Å². The van der Waals surface area contributed by atoms with Gasteiger partial charge in [0.1, 0.15) is 5.75 Å². The van der Waals surface area contributed by atoms with Crippen LogP contribution < -0.4 is 5.32 Å². The van der Waals surface area contributed by atoms with Gasteiger partial charge in [0.25, 0.3) is 0 Å². The van der Waals surface area contributed by atoms with E-state index in [0.29, 0.717) is 12.3 Å². The number of aromatic hydroxyl groups is 1. The summed E-state index contributed by atoms with van der Waals surface area (Å²) in [6.45, 7) is 3.57. The van der Waals surface area contributed by atoms with Crippen molar-refractivity contribution in [3.05, 3.63) is 77.4 Å². The van der Waals surface area contributed by atoms with Gasteiger partial charge in [-0.3, -0.25) is 0 Å².